The van der Waals surface area contributed by atoms with Gasteiger partial charge in [-0.2, -0.15) is 13.2 Å². The van der Waals surface area contributed by atoms with Crippen molar-refractivity contribution in [3.63, 3.8) is 0 Å². The van der Waals surface area contributed by atoms with Gasteiger partial charge in [-0.25, -0.2) is 13.6 Å². The van der Waals surface area contributed by atoms with Crippen molar-refractivity contribution in [2.75, 3.05) is 0 Å². The number of sulfonamides is 1. The molecule has 90 valence electrons. The Kier molecular flexibility index (Phi) is 3.51. The van der Waals surface area contributed by atoms with Crippen LogP contribution in [-0.4, -0.2) is 8.42 Å². The normalized spacial score (nSPS) is 12.8. The van der Waals surface area contributed by atoms with Crippen LogP contribution in [0.4, 0.5) is 13.2 Å². The summed E-state index contributed by atoms with van der Waals surface area (Å²) in [5, 5.41) is 4.42. The first kappa shape index (κ1) is 13.3. The van der Waals surface area contributed by atoms with E-state index in [4.69, 9.17) is 16.7 Å². The van der Waals surface area contributed by atoms with Gasteiger partial charge >= 0.3 is 6.18 Å². The Hall–Kier alpha value is -0.790. The molecule has 2 N–H and O–H groups in total. The smallest absolute Gasteiger partial charge is 0.228 e. The van der Waals surface area contributed by atoms with Gasteiger partial charge < -0.3 is 0 Å². The Labute approximate surface area is 95.1 Å². The maximum Gasteiger partial charge on any atom is 0.416 e. The molecule has 1 aromatic carbocycles. The first-order valence-electron chi connectivity index (χ1n) is 3.96. The van der Waals surface area contributed by atoms with Crippen LogP contribution in [0.5, 0.6) is 0 Å². The molecule has 0 fully saturated rings. The molecule has 0 atom stereocenters. The fourth-order valence-corrected chi connectivity index (χ4v) is 2.21. The lowest BCUT2D eigenvalue weighted by Gasteiger charge is -2.13. The van der Waals surface area contributed by atoms with E-state index < -0.39 is 33.1 Å². The van der Waals surface area contributed by atoms with Crippen molar-refractivity contribution in [1.82, 2.24) is 0 Å². The van der Waals surface area contributed by atoms with E-state index >= 15 is 0 Å². The van der Waals surface area contributed by atoms with Crippen LogP contribution in [-0.2, 0) is 22.0 Å². The zero-order chi connectivity index (χ0) is 12.6. The lowest BCUT2D eigenvalue weighted by molar-refractivity contribution is -0.138. The van der Waals surface area contributed by atoms with E-state index in [2.05, 4.69) is 0 Å². The lowest BCUT2D eigenvalue weighted by Crippen LogP contribution is -2.18. The molecule has 0 aliphatic heterocycles. The number of hydrogen-bond donors (Lipinski definition) is 1. The third-order valence-corrected chi connectivity index (χ3v) is 2.81. The summed E-state index contributed by atoms with van der Waals surface area (Å²) >= 11 is 5.52. The van der Waals surface area contributed by atoms with Gasteiger partial charge in [-0.1, -0.05) is 17.7 Å². The van der Waals surface area contributed by atoms with Gasteiger partial charge in [0.05, 0.1) is 11.3 Å². The van der Waals surface area contributed by atoms with Crippen molar-refractivity contribution in [2.45, 2.75) is 11.9 Å². The van der Waals surface area contributed by atoms with Gasteiger partial charge in [0.15, 0.2) is 0 Å². The molecule has 0 heterocycles. The molecule has 0 unspecified atom stereocenters. The van der Waals surface area contributed by atoms with Crippen LogP contribution in [0.1, 0.15) is 11.1 Å². The number of nitrogens with two attached hydrogens (primary N) is 1. The second kappa shape index (κ2) is 4.23. The Morgan fingerprint density at radius 3 is 2.31 bits per heavy atom. The number of rotatable bonds is 2. The highest BCUT2D eigenvalue weighted by atomic mass is 35.5. The SMILES string of the molecule is NS(=O)(=O)Cc1c(Cl)cccc1C(F)(F)F. The topological polar surface area (TPSA) is 60.2 Å². The van der Waals surface area contributed by atoms with E-state index in [1.807, 2.05) is 0 Å². The summed E-state index contributed by atoms with van der Waals surface area (Å²) in [5.74, 6) is -0.943. The molecule has 0 aliphatic carbocycles. The van der Waals surface area contributed by atoms with Crippen LogP contribution in [0.3, 0.4) is 0 Å². The molecule has 1 aromatic rings. The molecule has 3 nitrogen and oxygen atoms in total. The van der Waals surface area contributed by atoms with Crippen molar-refractivity contribution >= 4 is 21.6 Å². The monoisotopic (exact) mass is 273 g/mol. The van der Waals surface area contributed by atoms with Gasteiger partial charge in [0.2, 0.25) is 10.0 Å². The Bertz CT molecular complexity index is 498. The maximum atomic E-state index is 12.5. The minimum atomic E-state index is -4.66. The van der Waals surface area contributed by atoms with Crippen LogP contribution < -0.4 is 5.14 Å². The van der Waals surface area contributed by atoms with E-state index in [9.17, 15) is 21.6 Å². The fourth-order valence-electron chi connectivity index (χ4n) is 1.17. The molecule has 0 saturated heterocycles. The summed E-state index contributed by atoms with van der Waals surface area (Å²) in [6, 6.07) is 3.03. The van der Waals surface area contributed by atoms with E-state index in [1.165, 1.54) is 6.07 Å². The van der Waals surface area contributed by atoms with Crippen LogP contribution in [0.15, 0.2) is 18.2 Å². The molecule has 8 heteroatoms. The number of hydrogen-bond acceptors (Lipinski definition) is 2. The summed E-state index contributed by atoms with van der Waals surface area (Å²) in [6.45, 7) is 0. The standard InChI is InChI=1S/C8H7ClF3NO2S/c9-7-3-1-2-6(8(10,11)12)5(7)4-16(13,14)15/h1-3H,4H2,(H2,13,14,15). The summed E-state index contributed by atoms with van der Waals surface area (Å²) in [4.78, 5) is 0. The van der Waals surface area contributed by atoms with E-state index in [-0.39, 0.29) is 5.02 Å². The molecule has 0 aliphatic rings. The average Bonchev–Trinajstić information content (AvgIpc) is 2.04. The molecule has 0 radical (unpaired) electrons. The lowest BCUT2D eigenvalue weighted by atomic mass is 10.1. The zero-order valence-electron chi connectivity index (χ0n) is 7.75. The van der Waals surface area contributed by atoms with Gasteiger partial charge in [-0.3, -0.25) is 0 Å². The first-order chi connectivity index (χ1) is 7.11. The summed E-state index contributed by atoms with van der Waals surface area (Å²) in [5.41, 5.74) is -1.62. The highest BCUT2D eigenvalue weighted by Gasteiger charge is 2.34. The van der Waals surface area contributed by atoms with E-state index in [0.29, 0.717) is 0 Å². The predicted octanol–water partition coefficient (Wildman–Crippen LogP) is 2.15. The fraction of sp³-hybridized carbons (Fsp3) is 0.250. The van der Waals surface area contributed by atoms with Crippen molar-refractivity contribution in [3.8, 4) is 0 Å². The Morgan fingerprint density at radius 2 is 1.88 bits per heavy atom. The van der Waals surface area contributed by atoms with Crippen LogP contribution in [0.25, 0.3) is 0 Å². The maximum absolute atomic E-state index is 12.5. The van der Waals surface area contributed by atoms with Crippen LogP contribution in [0, 0.1) is 0 Å². The van der Waals surface area contributed by atoms with Crippen molar-refractivity contribution in [1.29, 1.82) is 0 Å². The van der Waals surface area contributed by atoms with E-state index in [1.54, 1.807) is 0 Å². The second-order valence-electron chi connectivity index (χ2n) is 3.07. The molecule has 0 amide bonds. The molecule has 0 saturated carbocycles. The van der Waals surface area contributed by atoms with Gasteiger partial charge in [-0.05, 0) is 17.7 Å². The first-order valence-corrected chi connectivity index (χ1v) is 6.05. The summed E-state index contributed by atoms with van der Waals surface area (Å²) < 4.78 is 59.1. The number of primary sulfonamides is 1. The van der Waals surface area contributed by atoms with Gasteiger partial charge in [0.25, 0.3) is 0 Å². The molecule has 0 aromatic heterocycles. The molecular formula is C8H7ClF3NO2S. The number of halogens is 4. The molecular weight excluding hydrogens is 267 g/mol. The van der Waals surface area contributed by atoms with Crippen LogP contribution in [0.2, 0.25) is 5.02 Å². The molecule has 1 rings (SSSR count). The molecule has 0 spiro atoms. The van der Waals surface area contributed by atoms with Gasteiger partial charge in [-0.15, -0.1) is 0 Å². The number of benzene rings is 1. The summed E-state index contributed by atoms with van der Waals surface area (Å²) in [6.07, 6.45) is -4.66. The van der Waals surface area contributed by atoms with E-state index in [0.717, 1.165) is 12.1 Å². The highest BCUT2D eigenvalue weighted by molar-refractivity contribution is 7.88. The van der Waals surface area contributed by atoms with Gasteiger partial charge in [0.1, 0.15) is 0 Å². The van der Waals surface area contributed by atoms with Crippen molar-refractivity contribution < 1.29 is 21.6 Å². The number of alkyl halides is 3. The third kappa shape index (κ3) is 3.36. The second-order valence-corrected chi connectivity index (χ2v) is 5.09. The van der Waals surface area contributed by atoms with Crippen LogP contribution >= 0.6 is 11.6 Å². The quantitative estimate of drug-likeness (QED) is 0.897. The Morgan fingerprint density at radius 1 is 1.31 bits per heavy atom. The van der Waals surface area contributed by atoms with Gasteiger partial charge in [0, 0.05) is 5.02 Å². The average molecular weight is 274 g/mol. The molecule has 16 heavy (non-hydrogen) atoms. The summed E-state index contributed by atoms with van der Waals surface area (Å²) in [7, 11) is -4.07. The minimum Gasteiger partial charge on any atom is -0.228 e. The largest absolute Gasteiger partial charge is 0.416 e. The van der Waals surface area contributed by atoms with Crippen molar-refractivity contribution in [2.24, 2.45) is 5.14 Å². The third-order valence-electron chi connectivity index (χ3n) is 1.77. The predicted molar refractivity (Wildman–Crippen MR) is 53.3 cm³/mol. The minimum absolute atomic E-state index is 0.274. The molecule has 0 bridgehead atoms. The zero-order valence-corrected chi connectivity index (χ0v) is 9.33. The van der Waals surface area contributed by atoms with Crippen molar-refractivity contribution in [3.05, 3.63) is 34.3 Å². The Balaban J connectivity index is 3.36. The highest BCUT2D eigenvalue weighted by Crippen LogP contribution is 2.35.